The van der Waals surface area contributed by atoms with Crippen LogP contribution in [0.5, 0.6) is 0 Å². The predicted molar refractivity (Wildman–Crippen MR) is 105 cm³/mol. The van der Waals surface area contributed by atoms with Crippen molar-refractivity contribution in [1.29, 1.82) is 0 Å². The number of hydrogen-bond donors (Lipinski definition) is 0. The minimum atomic E-state index is -0.657. The Hall–Kier alpha value is -3.33. The maximum atomic E-state index is 12.4. The minimum Gasteiger partial charge on any atom is -0.465 e. The fourth-order valence-electron chi connectivity index (χ4n) is 2.66. The van der Waals surface area contributed by atoms with Crippen LogP contribution in [0.15, 0.2) is 45.7 Å². The molecule has 150 valence electrons. The molecule has 1 aliphatic rings. The van der Waals surface area contributed by atoms with Gasteiger partial charge >= 0.3 is 11.9 Å². The average molecular weight is 415 g/mol. The van der Waals surface area contributed by atoms with Gasteiger partial charge in [0, 0.05) is 11.6 Å². The third kappa shape index (κ3) is 4.40. The summed E-state index contributed by atoms with van der Waals surface area (Å²) in [5, 5.41) is -0.558. The zero-order valence-electron chi connectivity index (χ0n) is 15.7. The lowest BCUT2D eigenvalue weighted by molar-refractivity contribution is -0.145. The van der Waals surface area contributed by atoms with Gasteiger partial charge in [-0.15, -0.1) is 0 Å². The second-order valence-electron chi connectivity index (χ2n) is 5.81. The number of rotatable bonds is 6. The van der Waals surface area contributed by atoms with Crippen LogP contribution in [-0.4, -0.2) is 48.2 Å². The zero-order valence-corrected chi connectivity index (χ0v) is 16.5. The molecule has 29 heavy (non-hydrogen) atoms. The molecule has 1 aromatic carbocycles. The highest BCUT2D eigenvalue weighted by molar-refractivity contribution is 8.18. The molecule has 0 spiro atoms. The topological polar surface area (TPSA) is 103 Å². The molecule has 1 fully saturated rings. The number of amides is 2. The van der Waals surface area contributed by atoms with Gasteiger partial charge in [-0.2, -0.15) is 0 Å². The third-order valence-corrected chi connectivity index (χ3v) is 4.87. The summed E-state index contributed by atoms with van der Waals surface area (Å²) in [6.07, 6.45) is 1.42. The van der Waals surface area contributed by atoms with Crippen molar-refractivity contribution < 1.29 is 33.1 Å². The van der Waals surface area contributed by atoms with Crippen molar-refractivity contribution >= 4 is 40.9 Å². The highest BCUT2D eigenvalue weighted by Crippen LogP contribution is 2.33. The monoisotopic (exact) mass is 415 g/mol. The number of furan rings is 1. The number of nitrogens with zero attached hydrogens (tertiary/aromatic N) is 1. The van der Waals surface area contributed by atoms with Crippen LogP contribution < -0.4 is 0 Å². The summed E-state index contributed by atoms with van der Waals surface area (Å²) < 4.78 is 15.3. The van der Waals surface area contributed by atoms with E-state index in [9.17, 15) is 19.2 Å². The number of methoxy groups -OCH3 is 1. The Kier molecular flexibility index (Phi) is 6.18. The van der Waals surface area contributed by atoms with E-state index in [1.54, 1.807) is 43.3 Å². The summed E-state index contributed by atoms with van der Waals surface area (Å²) in [5.74, 6) is -1.03. The summed E-state index contributed by atoms with van der Waals surface area (Å²) in [7, 11) is 1.29. The maximum absolute atomic E-state index is 12.4. The molecule has 0 radical (unpaired) electrons. The van der Waals surface area contributed by atoms with Crippen molar-refractivity contribution in [3.63, 3.8) is 0 Å². The van der Waals surface area contributed by atoms with Crippen LogP contribution >= 0.6 is 11.8 Å². The summed E-state index contributed by atoms with van der Waals surface area (Å²) >= 11 is 0.710. The lowest BCUT2D eigenvalue weighted by atomic mass is 10.1. The molecule has 2 aromatic rings. The van der Waals surface area contributed by atoms with E-state index in [4.69, 9.17) is 13.9 Å². The molecule has 1 saturated heterocycles. The van der Waals surface area contributed by atoms with Crippen molar-refractivity contribution in [3.05, 3.63) is 52.6 Å². The van der Waals surface area contributed by atoms with E-state index >= 15 is 0 Å². The fraction of sp³-hybridized carbons (Fsp3) is 0.200. The SMILES string of the molecule is CCOC(=O)CN1C(=O)S/C(=C\c2ccc(-c3ccccc3C(=O)OC)o2)C1=O. The van der Waals surface area contributed by atoms with E-state index in [0.717, 1.165) is 4.90 Å². The Morgan fingerprint density at radius 1 is 1.17 bits per heavy atom. The van der Waals surface area contributed by atoms with Gasteiger partial charge < -0.3 is 13.9 Å². The molecule has 0 aliphatic carbocycles. The number of esters is 2. The van der Waals surface area contributed by atoms with E-state index in [0.29, 0.717) is 34.4 Å². The van der Waals surface area contributed by atoms with E-state index < -0.39 is 29.6 Å². The highest BCUT2D eigenvalue weighted by Gasteiger charge is 2.36. The van der Waals surface area contributed by atoms with E-state index in [2.05, 4.69) is 0 Å². The van der Waals surface area contributed by atoms with Gasteiger partial charge in [0.25, 0.3) is 11.1 Å². The lowest BCUT2D eigenvalue weighted by Gasteiger charge is -2.10. The highest BCUT2D eigenvalue weighted by atomic mass is 32.2. The first kappa shape index (κ1) is 20.4. The Morgan fingerprint density at radius 2 is 1.93 bits per heavy atom. The predicted octanol–water partition coefficient (Wildman–Crippen LogP) is 3.33. The van der Waals surface area contributed by atoms with Crippen LogP contribution in [0.4, 0.5) is 4.79 Å². The maximum Gasteiger partial charge on any atom is 0.338 e. The molecule has 1 aromatic heterocycles. The van der Waals surface area contributed by atoms with Crippen LogP contribution in [0.3, 0.4) is 0 Å². The van der Waals surface area contributed by atoms with Crippen LogP contribution in [-0.2, 0) is 19.1 Å². The van der Waals surface area contributed by atoms with Gasteiger partial charge in [-0.25, -0.2) is 4.79 Å². The molecule has 9 heteroatoms. The number of benzene rings is 1. The molecule has 0 bridgehead atoms. The summed E-state index contributed by atoms with van der Waals surface area (Å²) in [6, 6.07) is 10.1. The quantitative estimate of drug-likeness (QED) is 0.523. The van der Waals surface area contributed by atoms with Gasteiger partial charge in [-0.1, -0.05) is 18.2 Å². The summed E-state index contributed by atoms with van der Waals surface area (Å²) in [6.45, 7) is 1.36. The van der Waals surface area contributed by atoms with Crippen LogP contribution in [0.1, 0.15) is 23.0 Å². The van der Waals surface area contributed by atoms with Gasteiger partial charge in [0.1, 0.15) is 18.1 Å². The van der Waals surface area contributed by atoms with E-state index in [1.807, 2.05) is 0 Å². The summed E-state index contributed by atoms with van der Waals surface area (Å²) in [4.78, 5) is 48.9. The van der Waals surface area contributed by atoms with Gasteiger partial charge in [-0.3, -0.25) is 19.3 Å². The lowest BCUT2D eigenvalue weighted by Crippen LogP contribution is -2.34. The molecular formula is C20H17NO7S. The van der Waals surface area contributed by atoms with Crippen molar-refractivity contribution in [2.45, 2.75) is 6.92 Å². The smallest absolute Gasteiger partial charge is 0.338 e. The van der Waals surface area contributed by atoms with Gasteiger partial charge in [0.05, 0.1) is 24.2 Å². The van der Waals surface area contributed by atoms with Gasteiger partial charge in [0.2, 0.25) is 0 Å². The normalized spacial score (nSPS) is 15.1. The molecule has 8 nitrogen and oxygen atoms in total. The molecular weight excluding hydrogens is 398 g/mol. The third-order valence-electron chi connectivity index (χ3n) is 3.96. The second-order valence-corrected chi connectivity index (χ2v) is 6.81. The molecule has 0 unspecified atom stereocenters. The Morgan fingerprint density at radius 3 is 2.66 bits per heavy atom. The first-order valence-corrected chi connectivity index (χ1v) is 9.44. The second kappa shape index (κ2) is 8.78. The number of hydrogen-bond acceptors (Lipinski definition) is 8. The number of imide groups is 1. The molecule has 1 aliphatic heterocycles. The van der Waals surface area contributed by atoms with E-state index in [1.165, 1.54) is 13.2 Å². The van der Waals surface area contributed by atoms with Crippen molar-refractivity contribution in [3.8, 4) is 11.3 Å². The summed E-state index contributed by atoms with van der Waals surface area (Å²) in [5.41, 5.74) is 0.875. The molecule has 2 amide bonds. The molecule has 3 rings (SSSR count). The van der Waals surface area contributed by atoms with Gasteiger partial charge in [0.15, 0.2) is 0 Å². The first-order valence-electron chi connectivity index (χ1n) is 8.63. The molecule has 0 atom stereocenters. The van der Waals surface area contributed by atoms with Crippen LogP contribution in [0.25, 0.3) is 17.4 Å². The Balaban J connectivity index is 1.83. The zero-order chi connectivity index (χ0) is 21.0. The standard InChI is InChI=1S/C20H17NO7S/c1-3-27-17(22)11-21-18(23)16(29-20(21)25)10-12-8-9-15(28-12)13-6-4-5-7-14(13)19(24)26-2/h4-10H,3,11H2,1-2H3/b16-10-. The Bertz CT molecular complexity index is 1010. The fourth-order valence-corrected chi connectivity index (χ4v) is 3.48. The minimum absolute atomic E-state index is 0.126. The number of ether oxygens (including phenoxy) is 2. The largest absolute Gasteiger partial charge is 0.465 e. The number of carbonyl (C=O) groups excluding carboxylic acids is 4. The van der Waals surface area contributed by atoms with Crippen molar-refractivity contribution in [2.24, 2.45) is 0 Å². The Labute approximate surface area is 170 Å². The molecule has 0 saturated carbocycles. The molecule has 0 N–H and O–H groups in total. The van der Waals surface area contributed by atoms with Crippen molar-refractivity contribution in [2.75, 3.05) is 20.3 Å². The number of carbonyl (C=O) groups is 4. The molecule has 2 heterocycles. The first-order chi connectivity index (χ1) is 13.9. The number of thioether (sulfide) groups is 1. The van der Waals surface area contributed by atoms with Crippen LogP contribution in [0.2, 0.25) is 0 Å². The van der Waals surface area contributed by atoms with E-state index in [-0.39, 0.29) is 11.5 Å². The van der Waals surface area contributed by atoms with Gasteiger partial charge in [-0.05, 0) is 36.9 Å². The van der Waals surface area contributed by atoms with Crippen LogP contribution in [0, 0.1) is 0 Å². The average Bonchev–Trinajstić information content (AvgIpc) is 3.28. The van der Waals surface area contributed by atoms with Crippen molar-refractivity contribution in [1.82, 2.24) is 4.90 Å².